The SMILES string of the molecule is CC(N)=O.CCCCCS(=O)(=O)CCO. The minimum Gasteiger partial charge on any atom is -0.395 e. The Labute approximate surface area is 91.6 Å². The van der Waals surface area contributed by atoms with Crippen molar-refractivity contribution in [2.75, 3.05) is 18.1 Å². The van der Waals surface area contributed by atoms with Gasteiger partial charge < -0.3 is 10.8 Å². The average Bonchev–Trinajstić information content (AvgIpc) is 2.03. The zero-order valence-electron chi connectivity index (χ0n) is 9.40. The Hall–Kier alpha value is -0.620. The summed E-state index contributed by atoms with van der Waals surface area (Å²) in [7, 11) is -2.95. The van der Waals surface area contributed by atoms with E-state index in [4.69, 9.17) is 5.11 Å². The molecule has 0 atom stereocenters. The Morgan fingerprint density at radius 2 is 1.73 bits per heavy atom. The van der Waals surface area contributed by atoms with Crippen molar-refractivity contribution in [3.8, 4) is 0 Å². The van der Waals surface area contributed by atoms with Gasteiger partial charge in [0.15, 0.2) is 9.84 Å². The van der Waals surface area contributed by atoms with Gasteiger partial charge in [0, 0.05) is 6.92 Å². The van der Waals surface area contributed by atoms with Gasteiger partial charge in [-0.05, 0) is 6.42 Å². The van der Waals surface area contributed by atoms with Crippen LogP contribution in [0.1, 0.15) is 33.1 Å². The molecule has 0 spiro atoms. The van der Waals surface area contributed by atoms with Crippen LogP contribution >= 0.6 is 0 Å². The van der Waals surface area contributed by atoms with E-state index in [1.54, 1.807) is 0 Å². The fraction of sp³-hybridized carbons (Fsp3) is 0.889. The van der Waals surface area contributed by atoms with Crippen LogP contribution in [0.4, 0.5) is 0 Å². The largest absolute Gasteiger partial charge is 0.395 e. The van der Waals surface area contributed by atoms with E-state index >= 15 is 0 Å². The van der Waals surface area contributed by atoms with Gasteiger partial charge in [0.05, 0.1) is 18.1 Å². The van der Waals surface area contributed by atoms with Gasteiger partial charge in [-0.25, -0.2) is 8.42 Å². The van der Waals surface area contributed by atoms with E-state index in [1.165, 1.54) is 6.92 Å². The van der Waals surface area contributed by atoms with Crippen molar-refractivity contribution >= 4 is 15.7 Å². The summed E-state index contributed by atoms with van der Waals surface area (Å²) in [5.74, 6) is -0.196. The number of unbranched alkanes of at least 4 members (excludes halogenated alkanes) is 2. The normalized spacial score (nSPS) is 10.3. The third-order valence-corrected chi connectivity index (χ3v) is 3.18. The summed E-state index contributed by atoms with van der Waals surface area (Å²) in [5.41, 5.74) is 4.47. The number of primary amides is 1. The quantitative estimate of drug-likeness (QED) is 0.641. The highest BCUT2D eigenvalue weighted by molar-refractivity contribution is 7.91. The third kappa shape index (κ3) is 19.7. The van der Waals surface area contributed by atoms with Crippen LogP contribution in [0.25, 0.3) is 0 Å². The number of rotatable bonds is 6. The molecule has 5 nitrogen and oxygen atoms in total. The molecule has 0 radical (unpaired) electrons. The maximum atomic E-state index is 10.9. The maximum absolute atomic E-state index is 10.9. The van der Waals surface area contributed by atoms with Gasteiger partial charge in [0.2, 0.25) is 5.91 Å². The molecule has 0 rings (SSSR count). The number of carbonyl (C=O) groups excluding carboxylic acids is 1. The molecule has 0 aliphatic rings. The zero-order valence-corrected chi connectivity index (χ0v) is 10.2. The molecule has 0 bridgehead atoms. The Balaban J connectivity index is 0. The van der Waals surface area contributed by atoms with E-state index in [2.05, 4.69) is 5.73 Å². The van der Waals surface area contributed by atoms with Crippen molar-refractivity contribution in [2.24, 2.45) is 5.73 Å². The fourth-order valence-corrected chi connectivity index (χ4v) is 1.94. The number of carbonyl (C=O) groups is 1. The fourth-order valence-electron chi connectivity index (χ4n) is 0.813. The molecule has 92 valence electrons. The molecule has 0 aromatic rings. The average molecular weight is 239 g/mol. The molecule has 0 aliphatic heterocycles. The summed E-state index contributed by atoms with van der Waals surface area (Å²) in [4.78, 5) is 9.22. The molecule has 0 aliphatic carbocycles. The van der Waals surface area contributed by atoms with E-state index in [0.717, 1.165) is 19.3 Å². The second-order valence-corrected chi connectivity index (χ2v) is 5.50. The van der Waals surface area contributed by atoms with E-state index in [1.807, 2.05) is 6.92 Å². The molecule has 0 saturated heterocycles. The van der Waals surface area contributed by atoms with Crippen molar-refractivity contribution in [2.45, 2.75) is 33.1 Å². The van der Waals surface area contributed by atoms with Crippen molar-refractivity contribution in [3.63, 3.8) is 0 Å². The number of aliphatic hydroxyl groups excluding tert-OH is 1. The van der Waals surface area contributed by atoms with Crippen LogP contribution in [0.15, 0.2) is 0 Å². The van der Waals surface area contributed by atoms with Crippen LogP contribution in [0.5, 0.6) is 0 Å². The van der Waals surface area contributed by atoms with Gasteiger partial charge in [-0.1, -0.05) is 19.8 Å². The summed E-state index contributed by atoms with van der Waals surface area (Å²) in [6.07, 6.45) is 2.69. The maximum Gasteiger partial charge on any atom is 0.214 e. The summed E-state index contributed by atoms with van der Waals surface area (Å²) < 4.78 is 21.9. The Morgan fingerprint density at radius 1 is 1.27 bits per heavy atom. The lowest BCUT2D eigenvalue weighted by Gasteiger charge is -1.99. The van der Waals surface area contributed by atoms with Crippen LogP contribution < -0.4 is 5.73 Å². The van der Waals surface area contributed by atoms with Gasteiger partial charge in [-0.3, -0.25) is 4.79 Å². The lowest BCUT2D eigenvalue weighted by Crippen LogP contribution is -2.13. The first kappa shape index (κ1) is 16.8. The van der Waals surface area contributed by atoms with E-state index in [0.29, 0.717) is 0 Å². The van der Waals surface area contributed by atoms with Crippen LogP contribution in [0.2, 0.25) is 0 Å². The first-order valence-corrected chi connectivity index (χ1v) is 6.75. The van der Waals surface area contributed by atoms with Crippen LogP contribution in [0, 0.1) is 0 Å². The topological polar surface area (TPSA) is 97.5 Å². The van der Waals surface area contributed by atoms with Gasteiger partial charge in [0.25, 0.3) is 0 Å². The number of nitrogens with two attached hydrogens (primary N) is 1. The summed E-state index contributed by atoms with van der Waals surface area (Å²) in [5, 5.41) is 8.38. The van der Waals surface area contributed by atoms with Crippen LogP contribution in [-0.2, 0) is 14.6 Å². The summed E-state index contributed by atoms with van der Waals surface area (Å²) in [6.45, 7) is 3.08. The smallest absolute Gasteiger partial charge is 0.214 e. The minimum absolute atomic E-state index is 0.0866. The zero-order chi connectivity index (χ0) is 12.3. The van der Waals surface area contributed by atoms with Gasteiger partial charge in [0.1, 0.15) is 0 Å². The molecule has 0 heterocycles. The predicted molar refractivity (Wildman–Crippen MR) is 60.1 cm³/mol. The molecular formula is C9H21NO4S. The number of hydrogen-bond acceptors (Lipinski definition) is 4. The van der Waals surface area contributed by atoms with Crippen molar-refractivity contribution in [1.29, 1.82) is 0 Å². The molecule has 6 heteroatoms. The Bertz CT molecular complexity index is 245. The molecule has 3 N–H and O–H groups in total. The lowest BCUT2D eigenvalue weighted by atomic mass is 10.3. The van der Waals surface area contributed by atoms with E-state index in [9.17, 15) is 13.2 Å². The molecule has 0 saturated carbocycles. The third-order valence-electron chi connectivity index (χ3n) is 1.46. The highest BCUT2D eigenvalue weighted by atomic mass is 32.2. The minimum atomic E-state index is -2.95. The predicted octanol–water partition coefficient (Wildman–Crippen LogP) is 0.0753. The summed E-state index contributed by atoms with van der Waals surface area (Å²) in [6, 6.07) is 0. The van der Waals surface area contributed by atoms with E-state index in [-0.39, 0.29) is 24.0 Å². The first-order valence-electron chi connectivity index (χ1n) is 4.93. The second kappa shape index (κ2) is 9.92. The van der Waals surface area contributed by atoms with Crippen molar-refractivity contribution in [1.82, 2.24) is 0 Å². The number of sulfone groups is 1. The molecular weight excluding hydrogens is 218 g/mol. The standard InChI is InChI=1S/C7H16O3S.C2H5NO/c1-2-3-4-6-11(9,10)7-5-8;1-2(3)4/h8H,2-7H2,1H3;1H3,(H2,3,4). The Morgan fingerprint density at radius 3 is 2.07 bits per heavy atom. The van der Waals surface area contributed by atoms with Crippen LogP contribution in [0.3, 0.4) is 0 Å². The molecule has 15 heavy (non-hydrogen) atoms. The van der Waals surface area contributed by atoms with E-state index < -0.39 is 9.84 Å². The number of amides is 1. The highest BCUT2D eigenvalue weighted by Gasteiger charge is 2.07. The molecule has 0 aromatic carbocycles. The van der Waals surface area contributed by atoms with Crippen molar-refractivity contribution < 1.29 is 18.3 Å². The van der Waals surface area contributed by atoms with Crippen molar-refractivity contribution in [3.05, 3.63) is 0 Å². The molecule has 0 aromatic heterocycles. The lowest BCUT2D eigenvalue weighted by molar-refractivity contribution is -0.115. The van der Waals surface area contributed by atoms with Gasteiger partial charge in [-0.15, -0.1) is 0 Å². The second-order valence-electron chi connectivity index (χ2n) is 3.19. The highest BCUT2D eigenvalue weighted by Crippen LogP contribution is 1.99. The van der Waals surface area contributed by atoms with Gasteiger partial charge >= 0.3 is 0 Å². The Kier molecular flexibility index (Phi) is 11.1. The number of aliphatic hydroxyl groups is 1. The molecule has 0 unspecified atom stereocenters. The monoisotopic (exact) mass is 239 g/mol. The van der Waals surface area contributed by atoms with Gasteiger partial charge in [-0.2, -0.15) is 0 Å². The molecule has 1 amide bonds. The first-order chi connectivity index (χ1) is 6.85. The van der Waals surface area contributed by atoms with Crippen LogP contribution in [-0.4, -0.2) is 37.5 Å². The molecule has 0 fully saturated rings. The number of hydrogen-bond donors (Lipinski definition) is 2. The summed E-state index contributed by atoms with van der Waals surface area (Å²) >= 11 is 0.